The molecule has 2 heterocycles. The summed E-state index contributed by atoms with van der Waals surface area (Å²) >= 11 is 1.82. The van der Waals surface area contributed by atoms with Gasteiger partial charge in [0.2, 0.25) is 5.95 Å². The number of aromatic nitrogens is 2. The highest BCUT2D eigenvalue weighted by Gasteiger charge is 2.17. The van der Waals surface area contributed by atoms with E-state index in [4.69, 9.17) is 0 Å². The maximum absolute atomic E-state index is 4.45. The van der Waals surface area contributed by atoms with Crippen molar-refractivity contribution >= 4 is 17.3 Å². The van der Waals surface area contributed by atoms with E-state index in [0.29, 0.717) is 12.0 Å². The van der Waals surface area contributed by atoms with Crippen LogP contribution in [0.2, 0.25) is 0 Å². The Hall–Kier alpha value is -1.33. The molecule has 2 aromatic heterocycles. The van der Waals surface area contributed by atoms with Gasteiger partial charge >= 0.3 is 0 Å². The van der Waals surface area contributed by atoms with Crippen LogP contribution in [-0.2, 0) is 13.6 Å². The van der Waals surface area contributed by atoms with Gasteiger partial charge in [-0.15, -0.1) is 11.3 Å². The second kappa shape index (κ2) is 6.41. The number of nitrogens with one attached hydrogen (secondary N) is 1. The molecule has 2 rings (SSSR count). The van der Waals surface area contributed by atoms with Gasteiger partial charge in [-0.25, -0.2) is 4.98 Å². The number of rotatable bonds is 6. The Morgan fingerprint density at radius 2 is 2.15 bits per heavy atom. The predicted octanol–water partition coefficient (Wildman–Crippen LogP) is 3.03. The largest absolute Gasteiger partial charge is 0.348 e. The Balaban J connectivity index is 2.07. The lowest BCUT2D eigenvalue weighted by molar-refractivity contribution is 0.412. The molecule has 1 unspecified atom stereocenters. The lowest BCUT2D eigenvalue weighted by Crippen LogP contribution is -2.25. The summed E-state index contributed by atoms with van der Waals surface area (Å²) in [6.07, 6.45) is 1.95. The van der Waals surface area contributed by atoms with E-state index in [0.717, 1.165) is 12.5 Å². The Morgan fingerprint density at radius 1 is 1.40 bits per heavy atom. The van der Waals surface area contributed by atoms with Crippen molar-refractivity contribution in [1.29, 1.82) is 0 Å². The maximum atomic E-state index is 4.45. The summed E-state index contributed by atoms with van der Waals surface area (Å²) in [7, 11) is 6.10. The van der Waals surface area contributed by atoms with E-state index in [9.17, 15) is 0 Å². The fourth-order valence-electron chi connectivity index (χ4n) is 2.36. The molecule has 0 aliphatic carbocycles. The van der Waals surface area contributed by atoms with E-state index in [1.165, 1.54) is 10.6 Å². The van der Waals surface area contributed by atoms with Crippen LogP contribution < -0.4 is 10.2 Å². The second-order valence-corrected chi connectivity index (χ2v) is 6.60. The third kappa shape index (κ3) is 3.22. The van der Waals surface area contributed by atoms with Gasteiger partial charge in [0.15, 0.2) is 0 Å². The van der Waals surface area contributed by atoms with Crippen LogP contribution in [0.1, 0.15) is 30.5 Å². The van der Waals surface area contributed by atoms with Gasteiger partial charge in [-0.2, -0.15) is 0 Å². The van der Waals surface area contributed by atoms with Gasteiger partial charge in [-0.1, -0.05) is 19.9 Å². The standard InChI is InChI=1S/C15H24N4S/c1-11(2)14(13-7-6-8-20-13)16-9-12-10-17-15(18(3)4)19(12)5/h6-8,10-11,14,16H,9H2,1-5H3. The molecule has 110 valence electrons. The zero-order chi connectivity index (χ0) is 14.7. The first-order valence-corrected chi connectivity index (χ1v) is 7.83. The number of hydrogen-bond acceptors (Lipinski definition) is 4. The molecule has 0 bridgehead atoms. The molecule has 2 aromatic rings. The molecule has 0 radical (unpaired) electrons. The molecule has 4 nitrogen and oxygen atoms in total. The first kappa shape index (κ1) is 15.1. The summed E-state index contributed by atoms with van der Waals surface area (Å²) in [5.41, 5.74) is 1.20. The van der Waals surface area contributed by atoms with E-state index < -0.39 is 0 Å². The van der Waals surface area contributed by atoms with E-state index in [2.05, 4.69) is 53.3 Å². The van der Waals surface area contributed by atoms with Gasteiger partial charge in [-0.05, 0) is 17.4 Å². The molecule has 1 N–H and O–H groups in total. The summed E-state index contributed by atoms with van der Waals surface area (Å²) in [5, 5.41) is 5.80. The Bertz CT molecular complexity index is 528. The van der Waals surface area contributed by atoms with Crippen molar-refractivity contribution < 1.29 is 0 Å². The molecule has 0 amide bonds. The Labute approximate surface area is 125 Å². The SMILES string of the molecule is CC(C)C(NCc1cnc(N(C)C)n1C)c1cccs1. The minimum atomic E-state index is 0.396. The summed E-state index contributed by atoms with van der Waals surface area (Å²) in [5.74, 6) is 1.55. The van der Waals surface area contributed by atoms with Crippen molar-refractivity contribution in [3.05, 3.63) is 34.3 Å². The lowest BCUT2D eigenvalue weighted by atomic mass is 10.0. The third-order valence-electron chi connectivity index (χ3n) is 3.48. The van der Waals surface area contributed by atoms with Crippen LogP contribution in [-0.4, -0.2) is 23.6 Å². The van der Waals surface area contributed by atoms with Crippen LogP contribution in [0.5, 0.6) is 0 Å². The molecule has 0 fully saturated rings. The zero-order valence-corrected chi connectivity index (χ0v) is 13.7. The average Bonchev–Trinajstić information content (AvgIpc) is 3.00. The van der Waals surface area contributed by atoms with Gasteiger partial charge < -0.3 is 14.8 Å². The highest BCUT2D eigenvalue weighted by molar-refractivity contribution is 7.10. The van der Waals surface area contributed by atoms with Crippen molar-refractivity contribution in [2.75, 3.05) is 19.0 Å². The van der Waals surface area contributed by atoms with Gasteiger partial charge in [0, 0.05) is 38.6 Å². The smallest absolute Gasteiger partial charge is 0.204 e. The number of imidazole rings is 1. The topological polar surface area (TPSA) is 33.1 Å². The third-order valence-corrected chi connectivity index (χ3v) is 4.43. The van der Waals surface area contributed by atoms with Crippen LogP contribution in [0.3, 0.4) is 0 Å². The Kier molecular flexibility index (Phi) is 4.83. The molecule has 0 aliphatic heterocycles. The molecule has 20 heavy (non-hydrogen) atoms. The van der Waals surface area contributed by atoms with E-state index in [1.54, 1.807) is 0 Å². The Morgan fingerprint density at radius 3 is 2.65 bits per heavy atom. The van der Waals surface area contributed by atoms with Crippen LogP contribution in [0, 0.1) is 5.92 Å². The monoisotopic (exact) mass is 292 g/mol. The van der Waals surface area contributed by atoms with Crippen molar-refractivity contribution in [3.63, 3.8) is 0 Å². The molecule has 1 atom stereocenters. The molecule has 0 spiro atoms. The van der Waals surface area contributed by atoms with Crippen molar-refractivity contribution in [2.24, 2.45) is 13.0 Å². The highest BCUT2D eigenvalue weighted by Crippen LogP contribution is 2.26. The zero-order valence-electron chi connectivity index (χ0n) is 12.9. The number of anilines is 1. The number of thiophene rings is 1. The molecule has 5 heteroatoms. The van der Waals surface area contributed by atoms with Crippen molar-refractivity contribution in [1.82, 2.24) is 14.9 Å². The van der Waals surface area contributed by atoms with Crippen molar-refractivity contribution in [2.45, 2.75) is 26.4 Å². The molecule has 0 saturated carbocycles. The van der Waals surface area contributed by atoms with Crippen LogP contribution in [0.25, 0.3) is 0 Å². The maximum Gasteiger partial charge on any atom is 0.204 e. The molecule has 0 saturated heterocycles. The molecular formula is C15H24N4S. The van der Waals surface area contributed by atoms with Gasteiger partial charge in [-0.3, -0.25) is 0 Å². The molecule has 0 aliphatic rings. The first-order chi connectivity index (χ1) is 9.50. The van der Waals surface area contributed by atoms with E-state index in [1.807, 2.05) is 36.5 Å². The normalized spacial score (nSPS) is 12.9. The number of nitrogens with zero attached hydrogens (tertiary/aromatic N) is 3. The second-order valence-electron chi connectivity index (χ2n) is 5.62. The quantitative estimate of drug-likeness (QED) is 0.888. The minimum Gasteiger partial charge on any atom is -0.348 e. The fourth-order valence-corrected chi connectivity index (χ4v) is 3.33. The van der Waals surface area contributed by atoms with Gasteiger partial charge in [0.25, 0.3) is 0 Å². The highest BCUT2D eigenvalue weighted by atomic mass is 32.1. The average molecular weight is 292 g/mol. The van der Waals surface area contributed by atoms with Gasteiger partial charge in [0.1, 0.15) is 0 Å². The van der Waals surface area contributed by atoms with Gasteiger partial charge in [0.05, 0.1) is 11.9 Å². The minimum absolute atomic E-state index is 0.396. The van der Waals surface area contributed by atoms with Crippen LogP contribution >= 0.6 is 11.3 Å². The number of hydrogen-bond donors (Lipinski definition) is 1. The van der Waals surface area contributed by atoms with Crippen molar-refractivity contribution in [3.8, 4) is 0 Å². The molecular weight excluding hydrogens is 268 g/mol. The molecule has 0 aromatic carbocycles. The van der Waals surface area contributed by atoms with E-state index >= 15 is 0 Å². The fraction of sp³-hybridized carbons (Fsp3) is 0.533. The van der Waals surface area contributed by atoms with E-state index in [-0.39, 0.29) is 0 Å². The van der Waals surface area contributed by atoms with Crippen LogP contribution in [0.15, 0.2) is 23.7 Å². The summed E-state index contributed by atoms with van der Waals surface area (Å²) < 4.78 is 2.14. The predicted molar refractivity (Wildman–Crippen MR) is 86.3 cm³/mol. The summed E-state index contributed by atoms with van der Waals surface area (Å²) in [4.78, 5) is 7.88. The lowest BCUT2D eigenvalue weighted by Gasteiger charge is -2.21. The van der Waals surface area contributed by atoms with Crippen LogP contribution in [0.4, 0.5) is 5.95 Å². The summed E-state index contributed by atoms with van der Waals surface area (Å²) in [6, 6.07) is 4.72. The first-order valence-electron chi connectivity index (χ1n) is 6.95. The summed E-state index contributed by atoms with van der Waals surface area (Å²) in [6.45, 7) is 5.34.